The second-order valence-electron chi connectivity index (χ2n) is 3.85. The number of thiocarbonyl (C=S) groups is 1. The van der Waals surface area contributed by atoms with Crippen molar-refractivity contribution in [3.63, 3.8) is 0 Å². The van der Waals surface area contributed by atoms with Gasteiger partial charge >= 0.3 is 6.18 Å². The molecule has 0 heterocycles. The van der Waals surface area contributed by atoms with Crippen LogP contribution in [0.5, 0.6) is 5.75 Å². The Kier molecular flexibility index (Phi) is 5.56. The molecule has 0 aliphatic carbocycles. The van der Waals surface area contributed by atoms with E-state index >= 15 is 0 Å². The van der Waals surface area contributed by atoms with E-state index in [1.165, 1.54) is 12.1 Å². The van der Waals surface area contributed by atoms with E-state index in [0.717, 1.165) is 6.07 Å². The maximum Gasteiger partial charge on any atom is 0.419 e. The molecule has 0 saturated heterocycles. The van der Waals surface area contributed by atoms with Gasteiger partial charge in [0, 0.05) is 12.2 Å². The number of aliphatic hydroxyl groups is 1. The number of aliphatic hydroxyl groups excluding tert-OH is 1. The summed E-state index contributed by atoms with van der Waals surface area (Å²) in [5.41, 5.74) is 4.55. The monoisotopic (exact) mass is 293 g/mol. The minimum absolute atomic E-state index is 0.0180. The molecule has 3 N–H and O–H groups in total. The largest absolute Gasteiger partial charge is 0.493 e. The van der Waals surface area contributed by atoms with Crippen LogP contribution < -0.4 is 10.5 Å². The van der Waals surface area contributed by atoms with Gasteiger partial charge in [-0.1, -0.05) is 12.2 Å². The lowest BCUT2D eigenvalue weighted by atomic mass is 10.1. The molecule has 0 aliphatic heterocycles. The molecule has 0 atom stereocenters. The lowest BCUT2D eigenvalue weighted by Crippen LogP contribution is -2.14. The summed E-state index contributed by atoms with van der Waals surface area (Å²) in [5, 5.41) is 8.58. The molecule has 0 amide bonds. The van der Waals surface area contributed by atoms with Crippen molar-refractivity contribution in [3.05, 3.63) is 29.3 Å². The van der Waals surface area contributed by atoms with E-state index in [0.29, 0.717) is 12.8 Å². The molecule has 1 aromatic rings. The van der Waals surface area contributed by atoms with Crippen LogP contribution in [0, 0.1) is 0 Å². The van der Waals surface area contributed by atoms with E-state index in [2.05, 4.69) is 12.2 Å². The number of alkyl halides is 3. The molecule has 19 heavy (non-hydrogen) atoms. The summed E-state index contributed by atoms with van der Waals surface area (Å²) in [6.45, 7) is 0.0892. The summed E-state index contributed by atoms with van der Waals surface area (Å²) in [5.74, 6) is -0.259. The molecular weight excluding hydrogens is 279 g/mol. The molecular formula is C12H14F3NO2S. The topological polar surface area (TPSA) is 55.5 Å². The molecule has 0 unspecified atom stereocenters. The highest BCUT2D eigenvalue weighted by Gasteiger charge is 2.34. The summed E-state index contributed by atoms with van der Waals surface area (Å²) in [6, 6.07) is 3.47. The Morgan fingerprint density at radius 2 is 2.00 bits per heavy atom. The van der Waals surface area contributed by atoms with E-state index in [1.54, 1.807) is 0 Å². The molecule has 0 bridgehead atoms. The average Bonchev–Trinajstić information content (AvgIpc) is 2.33. The van der Waals surface area contributed by atoms with Gasteiger partial charge in [0.25, 0.3) is 0 Å². The minimum Gasteiger partial charge on any atom is -0.493 e. The number of rotatable bonds is 6. The van der Waals surface area contributed by atoms with Crippen LogP contribution in [-0.4, -0.2) is 23.3 Å². The van der Waals surface area contributed by atoms with E-state index in [-0.39, 0.29) is 29.5 Å². The average molecular weight is 293 g/mol. The van der Waals surface area contributed by atoms with Crippen molar-refractivity contribution in [1.82, 2.24) is 0 Å². The third-order valence-corrected chi connectivity index (χ3v) is 2.62. The van der Waals surface area contributed by atoms with Crippen LogP contribution in [0.3, 0.4) is 0 Å². The third kappa shape index (κ3) is 4.68. The number of benzene rings is 1. The zero-order valence-electron chi connectivity index (χ0n) is 10.0. The minimum atomic E-state index is -4.53. The second-order valence-corrected chi connectivity index (χ2v) is 4.29. The molecule has 0 aromatic heterocycles. The summed E-state index contributed by atoms with van der Waals surface area (Å²) >= 11 is 4.65. The Morgan fingerprint density at radius 3 is 2.53 bits per heavy atom. The molecule has 0 radical (unpaired) electrons. The van der Waals surface area contributed by atoms with Gasteiger partial charge in [0.2, 0.25) is 0 Å². The van der Waals surface area contributed by atoms with Gasteiger partial charge in [-0.2, -0.15) is 13.2 Å². The maximum atomic E-state index is 12.9. The first-order valence-electron chi connectivity index (χ1n) is 5.61. The smallest absolute Gasteiger partial charge is 0.419 e. The van der Waals surface area contributed by atoms with Crippen LogP contribution >= 0.6 is 12.2 Å². The van der Waals surface area contributed by atoms with Crippen molar-refractivity contribution in [2.24, 2.45) is 5.73 Å². The number of halogens is 3. The van der Waals surface area contributed by atoms with Crippen LogP contribution in [-0.2, 0) is 6.18 Å². The Hall–Kier alpha value is -1.34. The molecule has 3 nitrogen and oxygen atoms in total. The van der Waals surface area contributed by atoms with Gasteiger partial charge in [0.1, 0.15) is 10.7 Å². The van der Waals surface area contributed by atoms with Gasteiger partial charge in [0.15, 0.2) is 0 Å². The first kappa shape index (κ1) is 15.7. The highest BCUT2D eigenvalue weighted by molar-refractivity contribution is 7.80. The molecule has 1 rings (SSSR count). The molecule has 0 fully saturated rings. The van der Waals surface area contributed by atoms with Crippen LogP contribution in [0.2, 0.25) is 0 Å². The first-order chi connectivity index (χ1) is 8.86. The number of ether oxygens (including phenoxy) is 1. The first-order valence-corrected chi connectivity index (χ1v) is 6.02. The third-order valence-electron chi connectivity index (χ3n) is 2.38. The van der Waals surface area contributed by atoms with Crippen molar-refractivity contribution < 1.29 is 23.0 Å². The quantitative estimate of drug-likeness (QED) is 0.625. The van der Waals surface area contributed by atoms with Gasteiger partial charge in [-0.15, -0.1) is 0 Å². The van der Waals surface area contributed by atoms with Gasteiger partial charge < -0.3 is 15.6 Å². The lowest BCUT2D eigenvalue weighted by molar-refractivity contribution is -0.139. The normalized spacial score (nSPS) is 11.4. The number of hydrogen-bond acceptors (Lipinski definition) is 3. The zero-order chi connectivity index (χ0) is 14.5. The van der Waals surface area contributed by atoms with Crippen LogP contribution in [0.15, 0.2) is 18.2 Å². The Balaban J connectivity index is 2.93. The van der Waals surface area contributed by atoms with E-state index < -0.39 is 11.7 Å². The summed E-state index contributed by atoms with van der Waals surface area (Å²) in [6.07, 6.45) is -3.58. The number of unbranched alkanes of at least 4 members (excludes halogenated alkanes) is 1. The Labute approximate surface area is 114 Å². The van der Waals surface area contributed by atoms with Crippen molar-refractivity contribution in [2.75, 3.05) is 13.2 Å². The fourth-order valence-electron chi connectivity index (χ4n) is 1.43. The standard InChI is InChI=1S/C12H14F3NO2S/c13-12(14,15)9-7-8(11(16)19)3-4-10(9)18-6-2-1-5-17/h3-4,7,17H,1-2,5-6H2,(H2,16,19). The molecule has 0 aliphatic rings. The van der Waals surface area contributed by atoms with Crippen LogP contribution in [0.1, 0.15) is 24.0 Å². The van der Waals surface area contributed by atoms with Gasteiger partial charge in [-0.3, -0.25) is 0 Å². The van der Waals surface area contributed by atoms with E-state index in [4.69, 9.17) is 15.6 Å². The van der Waals surface area contributed by atoms with Crippen LogP contribution in [0.25, 0.3) is 0 Å². The predicted octanol–water partition coefficient (Wildman–Crippen LogP) is 2.49. The van der Waals surface area contributed by atoms with Crippen molar-refractivity contribution in [3.8, 4) is 5.75 Å². The van der Waals surface area contributed by atoms with E-state index in [1.807, 2.05) is 0 Å². The van der Waals surface area contributed by atoms with Crippen molar-refractivity contribution in [2.45, 2.75) is 19.0 Å². The van der Waals surface area contributed by atoms with Crippen molar-refractivity contribution in [1.29, 1.82) is 0 Å². The predicted molar refractivity (Wildman–Crippen MR) is 69.1 cm³/mol. The highest BCUT2D eigenvalue weighted by Crippen LogP contribution is 2.36. The van der Waals surface area contributed by atoms with Gasteiger partial charge in [0.05, 0.1) is 12.2 Å². The molecule has 1 aromatic carbocycles. The fraction of sp³-hybridized carbons (Fsp3) is 0.417. The van der Waals surface area contributed by atoms with Crippen molar-refractivity contribution >= 4 is 17.2 Å². The summed E-state index contributed by atoms with van der Waals surface area (Å²) in [7, 11) is 0. The molecule has 0 saturated carbocycles. The second kappa shape index (κ2) is 6.72. The van der Waals surface area contributed by atoms with Crippen LogP contribution in [0.4, 0.5) is 13.2 Å². The fourth-order valence-corrected chi connectivity index (χ4v) is 1.55. The zero-order valence-corrected chi connectivity index (χ0v) is 10.9. The number of nitrogens with two attached hydrogens (primary N) is 1. The summed E-state index contributed by atoms with van der Waals surface area (Å²) in [4.78, 5) is -0.0997. The Bertz CT molecular complexity index is 449. The number of hydrogen-bond donors (Lipinski definition) is 2. The maximum absolute atomic E-state index is 12.9. The SMILES string of the molecule is NC(=S)c1ccc(OCCCCO)c(C(F)(F)F)c1. The molecule has 0 spiro atoms. The highest BCUT2D eigenvalue weighted by atomic mass is 32.1. The van der Waals surface area contributed by atoms with Gasteiger partial charge in [-0.05, 0) is 31.0 Å². The Morgan fingerprint density at radius 1 is 1.32 bits per heavy atom. The summed E-state index contributed by atoms with van der Waals surface area (Å²) < 4.78 is 43.7. The van der Waals surface area contributed by atoms with Gasteiger partial charge in [-0.25, -0.2) is 0 Å². The molecule has 7 heteroatoms. The molecule has 106 valence electrons. The lowest BCUT2D eigenvalue weighted by Gasteiger charge is -2.15. The van der Waals surface area contributed by atoms with E-state index in [9.17, 15) is 13.2 Å².